The number of carbonyl (C=O) groups excluding carboxylic acids is 1. The number of benzene rings is 1. The van der Waals surface area contributed by atoms with E-state index in [-0.39, 0.29) is 11.5 Å². The number of primary amides is 1. The lowest BCUT2D eigenvalue weighted by atomic mass is 9.69. The zero-order chi connectivity index (χ0) is 16.2. The van der Waals surface area contributed by atoms with E-state index in [0.29, 0.717) is 25.3 Å². The zero-order valence-corrected chi connectivity index (χ0v) is 13.0. The Kier molecular flexibility index (Phi) is 3.06. The third-order valence-corrected chi connectivity index (χ3v) is 5.27. The molecule has 6 nitrogen and oxygen atoms in total. The van der Waals surface area contributed by atoms with Gasteiger partial charge in [-0.25, -0.2) is 4.79 Å². The largest absolute Gasteiger partial charge is 0.493 e. The van der Waals surface area contributed by atoms with E-state index in [1.807, 2.05) is 24.3 Å². The van der Waals surface area contributed by atoms with Gasteiger partial charge in [-0.05, 0) is 18.1 Å². The third-order valence-electron chi connectivity index (χ3n) is 5.27. The van der Waals surface area contributed by atoms with Crippen LogP contribution in [0.4, 0.5) is 4.79 Å². The maximum absolute atomic E-state index is 11.7. The second-order valence-corrected chi connectivity index (χ2v) is 6.45. The van der Waals surface area contributed by atoms with Crippen molar-refractivity contribution in [3.05, 3.63) is 35.4 Å². The fraction of sp³-hybridized carbons (Fsp3) is 0.471. The topological polar surface area (TPSA) is 85.0 Å². The summed E-state index contributed by atoms with van der Waals surface area (Å²) < 4.78 is 11.7. The van der Waals surface area contributed by atoms with E-state index in [0.717, 1.165) is 23.3 Å². The van der Waals surface area contributed by atoms with Gasteiger partial charge in [0.25, 0.3) is 0 Å². The number of ether oxygens (including phenoxy) is 2. The summed E-state index contributed by atoms with van der Waals surface area (Å²) >= 11 is 0. The molecule has 1 aromatic carbocycles. The van der Waals surface area contributed by atoms with Gasteiger partial charge in [0, 0.05) is 25.1 Å². The van der Waals surface area contributed by atoms with E-state index < -0.39 is 12.1 Å². The molecule has 1 aromatic rings. The summed E-state index contributed by atoms with van der Waals surface area (Å²) in [7, 11) is 1.62. The van der Waals surface area contributed by atoms with Crippen molar-refractivity contribution in [3.8, 4) is 11.5 Å². The van der Waals surface area contributed by atoms with Crippen molar-refractivity contribution in [2.75, 3.05) is 13.7 Å². The van der Waals surface area contributed by atoms with Crippen LogP contribution in [0, 0.1) is 0 Å². The number of nitrogens with two attached hydrogens (primary N) is 1. The van der Waals surface area contributed by atoms with Gasteiger partial charge >= 0.3 is 6.03 Å². The van der Waals surface area contributed by atoms with Crippen molar-refractivity contribution in [2.24, 2.45) is 5.73 Å². The number of nitrogens with zero attached hydrogens (tertiary/aromatic N) is 1. The second-order valence-electron chi connectivity index (χ2n) is 6.45. The van der Waals surface area contributed by atoms with Crippen LogP contribution >= 0.6 is 0 Å². The molecule has 4 rings (SSSR count). The van der Waals surface area contributed by atoms with Gasteiger partial charge in [0.1, 0.15) is 6.10 Å². The highest BCUT2D eigenvalue weighted by Gasteiger charge is 2.53. The van der Waals surface area contributed by atoms with Gasteiger partial charge in [-0.2, -0.15) is 0 Å². The smallest absolute Gasteiger partial charge is 0.315 e. The first-order chi connectivity index (χ1) is 11.0. The number of rotatable bonds is 1. The maximum atomic E-state index is 11.7. The van der Waals surface area contributed by atoms with E-state index in [2.05, 4.69) is 0 Å². The maximum Gasteiger partial charge on any atom is 0.315 e. The van der Waals surface area contributed by atoms with Crippen molar-refractivity contribution in [2.45, 2.75) is 37.0 Å². The molecule has 3 atom stereocenters. The first-order valence-electron chi connectivity index (χ1n) is 7.84. The van der Waals surface area contributed by atoms with E-state index in [1.54, 1.807) is 12.0 Å². The molecule has 0 fully saturated rings. The molecule has 2 aliphatic heterocycles. The van der Waals surface area contributed by atoms with Gasteiger partial charge < -0.3 is 25.2 Å². The van der Waals surface area contributed by atoms with Gasteiger partial charge in [0.05, 0.1) is 18.6 Å². The molecule has 122 valence electrons. The summed E-state index contributed by atoms with van der Waals surface area (Å²) in [6.07, 6.45) is 4.47. The Hall–Kier alpha value is -2.21. The van der Waals surface area contributed by atoms with Crippen molar-refractivity contribution >= 4 is 6.03 Å². The molecule has 0 aromatic heterocycles. The third kappa shape index (κ3) is 1.94. The van der Waals surface area contributed by atoms with Crippen LogP contribution in [0.3, 0.4) is 0 Å². The molecule has 1 spiro atoms. The normalized spacial score (nSPS) is 31.0. The Labute approximate surface area is 134 Å². The highest BCUT2D eigenvalue weighted by molar-refractivity contribution is 5.73. The van der Waals surface area contributed by atoms with E-state index >= 15 is 0 Å². The Bertz CT molecular complexity index is 702. The van der Waals surface area contributed by atoms with Crippen molar-refractivity contribution < 1.29 is 19.4 Å². The molecule has 1 aliphatic carbocycles. The number of aliphatic hydroxyl groups is 1. The van der Waals surface area contributed by atoms with Gasteiger partial charge in [-0.3, -0.25) is 0 Å². The van der Waals surface area contributed by atoms with Crippen LogP contribution < -0.4 is 15.2 Å². The van der Waals surface area contributed by atoms with Crippen LogP contribution in [0.5, 0.6) is 11.5 Å². The molecule has 2 heterocycles. The van der Waals surface area contributed by atoms with E-state index in [4.69, 9.17) is 15.2 Å². The molecule has 23 heavy (non-hydrogen) atoms. The van der Waals surface area contributed by atoms with Crippen molar-refractivity contribution in [3.63, 3.8) is 0 Å². The summed E-state index contributed by atoms with van der Waals surface area (Å²) in [5.41, 5.74) is 7.29. The molecule has 3 aliphatic rings. The van der Waals surface area contributed by atoms with Crippen molar-refractivity contribution in [1.29, 1.82) is 0 Å². The van der Waals surface area contributed by atoms with Crippen LogP contribution in [0.25, 0.3) is 0 Å². The van der Waals surface area contributed by atoms with Crippen LogP contribution in [-0.4, -0.2) is 41.9 Å². The lowest BCUT2D eigenvalue weighted by molar-refractivity contribution is 0.0823. The Morgan fingerprint density at radius 1 is 1.52 bits per heavy atom. The quantitative estimate of drug-likeness (QED) is 0.765. The standard InChI is InChI=1S/C17H20N2O4/c1-22-12-3-2-10-9-19(16(18)21)7-6-17-5-4-11(20)8-13(17)23-15(12)14(10)17/h2-5,11,13,20H,6-9H2,1H3,(H2,18,21)/t11-,13?,17?/m0/s1. The van der Waals surface area contributed by atoms with Gasteiger partial charge in [0.2, 0.25) is 0 Å². The molecule has 3 N–H and O–H groups in total. The number of hydrogen-bond acceptors (Lipinski definition) is 4. The lowest BCUT2D eigenvalue weighted by Crippen LogP contribution is -2.43. The van der Waals surface area contributed by atoms with Crippen LogP contribution in [0.15, 0.2) is 24.3 Å². The predicted molar refractivity (Wildman–Crippen MR) is 83.5 cm³/mol. The number of methoxy groups -OCH3 is 1. The number of amides is 2. The molecule has 2 unspecified atom stereocenters. The monoisotopic (exact) mass is 316 g/mol. The molecule has 0 saturated heterocycles. The minimum absolute atomic E-state index is 0.152. The van der Waals surface area contributed by atoms with Crippen molar-refractivity contribution in [1.82, 2.24) is 4.90 Å². The van der Waals surface area contributed by atoms with Gasteiger partial charge in [-0.15, -0.1) is 0 Å². The lowest BCUT2D eigenvalue weighted by Gasteiger charge is -2.35. The predicted octanol–water partition coefficient (Wildman–Crippen LogP) is 1.30. The molecule has 0 bridgehead atoms. The van der Waals surface area contributed by atoms with Crippen LogP contribution in [0.2, 0.25) is 0 Å². The molecular formula is C17H20N2O4. The number of hydrogen-bond donors (Lipinski definition) is 2. The summed E-state index contributed by atoms with van der Waals surface area (Å²) in [5.74, 6) is 1.42. The highest BCUT2D eigenvalue weighted by atomic mass is 16.5. The van der Waals surface area contributed by atoms with Gasteiger partial charge in [0.15, 0.2) is 11.5 Å². The van der Waals surface area contributed by atoms with E-state index in [9.17, 15) is 9.90 Å². The highest BCUT2D eigenvalue weighted by Crippen LogP contribution is 2.55. The first-order valence-corrected chi connectivity index (χ1v) is 7.84. The van der Waals surface area contributed by atoms with Crippen LogP contribution in [-0.2, 0) is 12.0 Å². The fourth-order valence-corrected chi connectivity index (χ4v) is 4.12. The number of carbonyl (C=O) groups is 1. The van der Waals surface area contributed by atoms with Gasteiger partial charge in [-0.1, -0.05) is 18.2 Å². The molecule has 2 amide bonds. The second kappa shape index (κ2) is 4.89. The Morgan fingerprint density at radius 3 is 3.09 bits per heavy atom. The van der Waals surface area contributed by atoms with E-state index in [1.165, 1.54) is 0 Å². The minimum atomic E-state index is -0.509. The Balaban J connectivity index is 1.92. The average Bonchev–Trinajstić information content (AvgIpc) is 2.75. The molecule has 0 saturated carbocycles. The SMILES string of the molecule is COc1ccc2c3c1OC1C[C@@H](O)C=CC31CCN(C(N)=O)C2. The zero-order valence-electron chi connectivity index (χ0n) is 13.0. The summed E-state index contributed by atoms with van der Waals surface area (Å²) in [6.45, 7) is 1.03. The molecular weight excluding hydrogens is 296 g/mol. The fourth-order valence-electron chi connectivity index (χ4n) is 4.12. The average molecular weight is 316 g/mol. The van der Waals surface area contributed by atoms with Crippen LogP contribution in [0.1, 0.15) is 24.0 Å². The summed E-state index contributed by atoms with van der Waals surface area (Å²) in [6, 6.07) is 3.43. The summed E-state index contributed by atoms with van der Waals surface area (Å²) in [5, 5.41) is 9.99. The Morgan fingerprint density at radius 2 is 2.35 bits per heavy atom. The number of aliphatic hydroxyl groups excluding tert-OH is 1. The first kappa shape index (κ1) is 14.4. The molecule has 0 radical (unpaired) electrons. The molecule has 6 heteroatoms. The minimum Gasteiger partial charge on any atom is -0.493 e. The number of urea groups is 1. The summed E-state index contributed by atoms with van der Waals surface area (Å²) in [4.78, 5) is 13.4.